The standard InChI is InChI=1S/C4H6O2.CH2O/c1-3-6-4(2)5;1-2/h3H,1H2,2H3;1H2. The molecule has 0 radical (unpaired) electrons. The minimum Gasteiger partial charge on any atom is -0.435 e. The van der Waals surface area contributed by atoms with Gasteiger partial charge in [-0.3, -0.25) is 4.79 Å². The molecule has 3 heteroatoms. The van der Waals surface area contributed by atoms with Crippen molar-refractivity contribution >= 4 is 12.8 Å². The maximum atomic E-state index is 9.75. The summed E-state index contributed by atoms with van der Waals surface area (Å²) >= 11 is 0. The summed E-state index contributed by atoms with van der Waals surface area (Å²) in [7, 11) is 0. The first kappa shape index (κ1) is 9.99. The number of hydrogen-bond donors (Lipinski definition) is 0. The van der Waals surface area contributed by atoms with Crippen LogP contribution in [0.15, 0.2) is 12.8 Å². The van der Waals surface area contributed by atoms with Gasteiger partial charge < -0.3 is 9.53 Å². The number of esters is 1. The van der Waals surface area contributed by atoms with Crippen molar-refractivity contribution in [3.8, 4) is 0 Å². The molecule has 0 amide bonds. The molecular weight excluding hydrogens is 108 g/mol. The molecule has 8 heavy (non-hydrogen) atoms. The lowest BCUT2D eigenvalue weighted by Crippen LogP contribution is -1.87. The van der Waals surface area contributed by atoms with Crippen molar-refractivity contribution in [3.63, 3.8) is 0 Å². The fourth-order valence-electron chi connectivity index (χ4n) is 0.117. The third-order valence-corrected chi connectivity index (χ3v) is 0.249. The summed E-state index contributed by atoms with van der Waals surface area (Å²) in [4.78, 5) is 17.8. The summed E-state index contributed by atoms with van der Waals surface area (Å²) in [6, 6.07) is 0. The molecule has 0 aromatic rings. The number of hydrogen-bond acceptors (Lipinski definition) is 3. The first-order valence-electron chi connectivity index (χ1n) is 1.84. The molecule has 0 aromatic carbocycles. The molecule has 0 aliphatic heterocycles. The van der Waals surface area contributed by atoms with E-state index < -0.39 is 0 Å². The zero-order valence-electron chi connectivity index (χ0n) is 4.72. The van der Waals surface area contributed by atoms with Gasteiger partial charge in [0, 0.05) is 6.92 Å². The highest BCUT2D eigenvalue weighted by Crippen LogP contribution is 1.70. The van der Waals surface area contributed by atoms with Gasteiger partial charge in [0.25, 0.3) is 0 Å². The number of carbonyl (C=O) groups excluding carboxylic acids is 2. The lowest BCUT2D eigenvalue weighted by Gasteiger charge is -1.83. The Balaban J connectivity index is 0. The third kappa shape index (κ3) is 20.8. The van der Waals surface area contributed by atoms with Gasteiger partial charge in [0.15, 0.2) is 0 Å². The fraction of sp³-hybridized carbons (Fsp3) is 0.200. The van der Waals surface area contributed by atoms with Gasteiger partial charge in [-0.1, -0.05) is 6.58 Å². The molecule has 0 rings (SSSR count). The van der Waals surface area contributed by atoms with Gasteiger partial charge in [0.2, 0.25) is 0 Å². The Morgan fingerprint density at radius 3 is 2.00 bits per heavy atom. The summed E-state index contributed by atoms with van der Waals surface area (Å²) in [6.07, 6.45) is 1.10. The Hall–Kier alpha value is -1.12. The molecule has 46 valence electrons. The molecule has 3 nitrogen and oxygen atoms in total. The van der Waals surface area contributed by atoms with Crippen LogP contribution in [0.1, 0.15) is 6.92 Å². The van der Waals surface area contributed by atoms with E-state index in [9.17, 15) is 4.79 Å². The first-order chi connectivity index (χ1) is 3.77. The monoisotopic (exact) mass is 116 g/mol. The molecule has 0 N–H and O–H groups in total. The highest BCUT2D eigenvalue weighted by molar-refractivity contribution is 5.66. The second kappa shape index (κ2) is 9.30. The first-order valence-corrected chi connectivity index (χ1v) is 1.84. The van der Waals surface area contributed by atoms with Crippen molar-refractivity contribution in [3.05, 3.63) is 12.8 Å². The van der Waals surface area contributed by atoms with Crippen LogP contribution in [0.5, 0.6) is 0 Å². The van der Waals surface area contributed by atoms with E-state index in [1.807, 2.05) is 6.79 Å². The van der Waals surface area contributed by atoms with Gasteiger partial charge in [-0.05, 0) is 0 Å². The Labute approximate surface area is 48.0 Å². The fourth-order valence-corrected chi connectivity index (χ4v) is 0.117. The summed E-state index contributed by atoms with van der Waals surface area (Å²) in [6.45, 7) is 6.48. The molecule has 0 aliphatic carbocycles. The molecule has 0 fully saturated rings. The smallest absolute Gasteiger partial charge is 0.307 e. The van der Waals surface area contributed by atoms with Gasteiger partial charge in [-0.2, -0.15) is 0 Å². The molecule has 0 heterocycles. The van der Waals surface area contributed by atoms with Crippen molar-refractivity contribution < 1.29 is 14.3 Å². The summed E-state index contributed by atoms with van der Waals surface area (Å²) in [5, 5.41) is 0. The van der Waals surface area contributed by atoms with E-state index in [1.165, 1.54) is 6.92 Å². The lowest BCUT2D eigenvalue weighted by molar-refractivity contribution is -0.135. The minimum absolute atomic E-state index is 0.329. The van der Waals surface area contributed by atoms with Crippen LogP contribution >= 0.6 is 0 Å². The molecule has 0 atom stereocenters. The van der Waals surface area contributed by atoms with Crippen LogP contribution in [0.4, 0.5) is 0 Å². The van der Waals surface area contributed by atoms with Crippen molar-refractivity contribution in [2.45, 2.75) is 6.92 Å². The Kier molecular flexibility index (Phi) is 11.6. The molecule has 0 spiro atoms. The molecule has 0 saturated heterocycles. The zero-order valence-corrected chi connectivity index (χ0v) is 4.72. The van der Waals surface area contributed by atoms with Gasteiger partial charge in [0.1, 0.15) is 6.79 Å². The van der Waals surface area contributed by atoms with E-state index >= 15 is 0 Å². The van der Waals surface area contributed by atoms with E-state index in [0.717, 1.165) is 6.26 Å². The van der Waals surface area contributed by atoms with Crippen molar-refractivity contribution in [1.82, 2.24) is 0 Å². The van der Waals surface area contributed by atoms with Crippen molar-refractivity contribution in [2.75, 3.05) is 0 Å². The van der Waals surface area contributed by atoms with Crippen LogP contribution < -0.4 is 0 Å². The average molecular weight is 116 g/mol. The largest absolute Gasteiger partial charge is 0.435 e. The molecule has 0 aliphatic rings. The normalized spacial score (nSPS) is 5.62. The highest BCUT2D eigenvalue weighted by atomic mass is 16.5. The van der Waals surface area contributed by atoms with Crippen LogP contribution in [0.25, 0.3) is 0 Å². The second-order valence-corrected chi connectivity index (χ2v) is 0.776. The third-order valence-electron chi connectivity index (χ3n) is 0.249. The Morgan fingerprint density at radius 1 is 1.62 bits per heavy atom. The van der Waals surface area contributed by atoms with E-state index in [0.29, 0.717) is 0 Å². The molecular formula is C5H8O3. The number of carbonyl (C=O) groups is 2. The SMILES string of the molecule is C=COC(C)=O.C=O. The van der Waals surface area contributed by atoms with Crippen molar-refractivity contribution in [2.24, 2.45) is 0 Å². The highest BCUT2D eigenvalue weighted by Gasteiger charge is 1.79. The predicted molar refractivity (Wildman–Crippen MR) is 29.1 cm³/mol. The van der Waals surface area contributed by atoms with Gasteiger partial charge >= 0.3 is 5.97 Å². The maximum absolute atomic E-state index is 9.75. The quantitative estimate of drug-likeness (QED) is 0.370. The summed E-state index contributed by atoms with van der Waals surface area (Å²) in [5.74, 6) is -0.329. The Bertz CT molecular complexity index is 77.7. The average Bonchev–Trinajstić information content (AvgIpc) is 1.72. The van der Waals surface area contributed by atoms with Gasteiger partial charge in [-0.15, -0.1) is 0 Å². The summed E-state index contributed by atoms with van der Waals surface area (Å²) in [5.41, 5.74) is 0. The number of rotatable bonds is 1. The van der Waals surface area contributed by atoms with Crippen LogP contribution in [-0.2, 0) is 14.3 Å². The van der Waals surface area contributed by atoms with Crippen LogP contribution in [-0.4, -0.2) is 12.8 Å². The van der Waals surface area contributed by atoms with Crippen molar-refractivity contribution in [1.29, 1.82) is 0 Å². The van der Waals surface area contributed by atoms with Crippen LogP contribution in [0.2, 0.25) is 0 Å². The van der Waals surface area contributed by atoms with E-state index in [4.69, 9.17) is 4.79 Å². The molecule has 0 aromatic heterocycles. The van der Waals surface area contributed by atoms with E-state index in [1.54, 1.807) is 0 Å². The van der Waals surface area contributed by atoms with Crippen LogP contribution in [0.3, 0.4) is 0 Å². The lowest BCUT2D eigenvalue weighted by atomic mass is 10.8. The van der Waals surface area contributed by atoms with Gasteiger partial charge in [0.05, 0.1) is 6.26 Å². The maximum Gasteiger partial charge on any atom is 0.307 e. The van der Waals surface area contributed by atoms with E-state index in [2.05, 4.69) is 11.3 Å². The minimum atomic E-state index is -0.329. The number of ether oxygens (including phenoxy) is 1. The predicted octanol–water partition coefficient (Wildman–Crippen LogP) is 0.508. The topological polar surface area (TPSA) is 43.4 Å². The molecule has 0 bridgehead atoms. The van der Waals surface area contributed by atoms with Crippen LogP contribution in [0, 0.1) is 0 Å². The van der Waals surface area contributed by atoms with E-state index in [-0.39, 0.29) is 5.97 Å². The summed E-state index contributed by atoms with van der Waals surface area (Å²) < 4.78 is 4.17. The zero-order chi connectivity index (χ0) is 6.99. The molecule has 0 unspecified atom stereocenters. The second-order valence-electron chi connectivity index (χ2n) is 0.776. The van der Waals surface area contributed by atoms with Gasteiger partial charge in [-0.25, -0.2) is 0 Å². The molecule has 0 saturated carbocycles. The Morgan fingerprint density at radius 2 is 2.00 bits per heavy atom.